The van der Waals surface area contributed by atoms with Crippen molar-refractivity contribution in [1.82, 2.24) is 45.9 Å². The van der Waals surface area contributed by atoms with Crippen molar-refractivity contribution < 1.29 is 27.4 Å². The number of nitrogens with two attached hydrogens (primary N) is 1. The van der Waals surface area contributed by atoms with Crippen LogP contribution in [-0.4, -0.2) is 160 Å². The van der Waals surface area contributed by atoms with Gasteiger partial charge in [0.2, 0.25) is 0 Å². The molecule has 3 aromatic carbocycles. The van der Waals surface area contributed by atoms with Gasteiger partial charge in [-0.2, -0.15) is 33.7 Å². The number of nitriles is 1. The fraction of sp³-hybridized carbons (Fsp3) is 0.322. The fourth-order valence-electron chi connectivity index (χ4n) is 10.1. The van der Waals surface area contributed by atoms with E-state index < -0.39 is 11.7 Å². The summed E-state index contributed by atoms with van der Waals surface area (Å²) in [5, 5.41) is 25.5. The molecule has 3 aromatic heterocycles. The van der Waals surface area contributed by atoms with E-state index in [1.54, 1.807) is 36.7 Å². The SMILES string of the molecule is FC(F)(F)c1cccc(N2CCN(C(=S)N/N=C3/CCOc4cc(Cl)cnc43)CC2)c1.N#Cc1ccc(N2CCN(C(=S)N/N=C3/CCOc4cc(Cl)cnc43)CC2)cc1.Nc1ccccc1N1CCN(C(=S)N/N=C2/CCOc3cc(Cl)cnc32)CC1. The van der Waals surface area contributed by atoms with Crippen molar-refractivity contribution >= 4 is 127 Å². The molecule has 6 aliphatic rings. The number of pyridine rings is 3. The van der Waals surface area contributed by atoms with Crippen molar-refractivity contribution in [1.29, 1.82) is 5.26 Å². The minimum atomic E-state index is -4.36. The maximum absolute atomic E-state index is 13.0. The van der Waals surface area contributed by atoms with Gasteiger partial charge in [0.1, 0.15) is 34.3 Å². The maximum Gasteiger partial charge on any atom is 0.416 e. The van der Waals surface area contributed by atoms with Gasteiger partial charge in [-0.25, -0.2) is 15.0 Å². The van der Waals surface area contributed by atoms with E-state index in [2.05, 4.69) is 78.3 Å². The topological polar surface area (TPSA) is 209 Å². The number of nitrogens with one attached hydrogen (secondary N) is 3. The third-order valence-corrected chi connectivity index (χ3v) is 16.5. The van der Waals surface area contributed by atoms with Crippen LogP contribution in [0.4, 0.5) is 35.9 Å². The lowest BCUT2D eigenvalue weighted by atomic mass is 10.1. The van der Waals surface area contributed by atoms with Crippen molar-refractivity contribution in [2.75, 3.05) is 119 Å². The van der Waals surface area contributed by atoms with Crippen LogP contribution in [0.3, 0.4) is 0 Å². The van der Waals surface area contributed by atoms with Crippen molar-refractivity contribution in [3.05, 3.63) is 153 Å². The molecule has 0 spiro atoms. The number of nitrogen functional groups attached to an aromatic ring is 1. The molecule has 0 saturated carbocycles. The number of fused-ring (bicyclic) bond motifs is 3. The maximum atomic E-state index is 13.0. The predicted octanol–water partition coefficient (Wildman–Crippen LogP) is 9.23. The summed E-state index contributed by atoms with van der Waals surface area (Å²) in [7, 11) is 0. The van der Waals surface area contributed by atoms with Gasteiger partial charge >= 0.3 is 6.18 Å². The van der Waals surface area contributed by atoms with Gasteiger partial charge in [0.25, 0.3) is 0 Å². The van der Waals surface area contributed by atoms with Crippen molar-refractivity contribution in [2.45, 2.75) is 25.4 Å². The van der Waals surface area contributed by atoms with Gasteiger partial charge in [-0.05, 0) is 91.3 Å². The van der Waals surface area contributed by atoms with E-state index in [1.807, 2.05) is 52.3 Å². The van der Waals surface area contributed by atoms with E-state index in [4.69, 9.17) is 96.7 Å². The second-order valence-corrected chi connectivity index (χ2v) is 22.9. The second kappa shape index (κ2) is 29.3. The summed E-state index contributed by atoms with van der Waals surface area (Å²) < 4.78 is 55.7. The molecule has 0 unspecified atom stereocenters. The molecule has 0 amide bonds. The lowest BCUT2D eigenvalue weighted by molar-refractivity contribution is -0.137. The number of hydrogen-bond acceptors (Lipinski definition) is 17. The van der Waals surface area contributed by atoms with Crippen LogP contribution in [0.15, 0.2) is 125 Å². The smallest absolute Gasteiger partial charge is 0.416 e. The van der Waals surface area contributed by atoms with Gasteiger partial charge in [0, 0.05) is 146 Å². The molecule has 29 heteroatoms. The summed E-state index contributed by atoms with van der Waals surface area (Å²) >= 11 is 34.4. The number of alkyl halides is 3. The van der Waals surface area contributed by atoms with Crippen molar-refractivity contribution in [3.63, 3.8) is 0 Å². The lowest BCUT2D eigenvalue weighted by Gasteiger charge is -2.37. The number of rotatable bonds is 6. The van der Waals surface area contributed by atoms with Crippen LogP contribution < -0.4 is 50.9 Å². The number of nitrogens with zero attached hydrogens (tertiary/aromatic N) is 13. The molecule has 20 nitrogen and oxygen atoms in total. The van der Waals surface area contributed by atoms with Crippen LogP contribution in [-0.2, 0) is 6.18 Å². The summed E-state index contributed by atoms with van der Waals surface area (Å²) in [4.78, 5) is 25.6. The van der Waals surface area contributed by atoms with Crippen LogP contribution in [0.2, 0.25) is 15.1 Å². The zero-order valence-corrected chi connectivity index (χ0v) is 51.9. The normalized spacial score (nSPS) is 17.7. The Morgan fingerprint density at radius 2 is 0.920 bits per heavy atom. The Bertz CT molecular complexity index is 3650. The minimum absolute atomic E-state index is 0.457. The fourth-order valence-corrected chi connectivity index (χ4v) is 11.3. The Balaban J connectivity index is 0.000000146. The number of aromatic nitrogens is 3. The number of piperazine rings is 3. The first-order chi connectivity index (χ1) is 42.6. The minimum Gasteiger partial charge on any atom is -0.491 e. The third-order valence-electron chi connectivity index (χ3n) is 14.8. The lowest BCUT2D eigenvalue weighted by Crippen LogP contribution is -2.51. The second-order valence-electron chi connectivity index (χ2n) is 20.4. The van der Waals surface area contributed by atoms with Crippen molar-refractivity contribution in [3.8, 4) is 23.3 Å². The van der Waals surface area contributed by atoms with E-state index in [1.165, 1.54) is 18.3 Å². The van der Waals surface area contributed by atoms with E-state index in [0.717, 1.165) is 92.6 Å². The van der Waals surface area contributed by atoms with Gasteiger partial charge in [-0.3, -0.25) is 16.3 Å². The average Bonchev–Trinajstić information content (AvgIpc) is 2.65. The summed E-state index contributed by atoms with van der Waals surface area (Å²) in [6, 6.07) is 28.3. The molecule has 9 heterocycles. The number of halogens is 6. The Hall–Kier alpha value is -8.06. The highest BCUT2D eigenvalue weighted by molar-refractivity contribution is 7.80. The van der Waals surface area contributed by atoms with Crippen LogP contribution in [0, 0.1) is 11.3 Å². The molecule has 3 fully saturated rings. The molecule has 5 N–H and O–H groups in total. The Morgan fingerprint density at radius 3 is 1.32 bits per heavy atom. The van der Waals surface area contributed by atoms with E-state index >= 15 is 0 Å². The van der Waals surface area contributed by atoms with E-state index in [9.17, 15) is 13.2 Å². The van der Waals surface area contributed by atoms with Gasteiger partial charge in [0.05, 0.1) is 80.6 Å². The van der Waals surface area contributed by atoms with Crippen LogP contribution in [0.1, 0.15) is 47.5 Å². The molecule has 3 saturated heterocycles. The zero-order valence-electron chi connectivity index (χ0n) is 47.2. The summed E-state index contributed by atoms with van der Waals surface area (Å²) in [6.45, 7) is 10.4. The van der Waals surface area contributed by atoms with Crippen molar-refractivity contribution in [2.24, 2.45) is 15.3 Å². The molecule has 0 bridgehead atoms. The number of anilines is 4. The highest BCUT2D eigenvalue weighted by Crippen LogP contribution is 2.33. The Kier molecular flexibility index (Phi) is 21.0. The largest absolute Gasteiger partial charge is 0.491 e. The highest BCUT2D eigenvalue weighted by atomic mass is 35.5. The van der Waals surface area contributed by atoms with Gasteiger partial charge in [0.15, 0.2) is 15.3 Å². The molecule has 12 rings (SSSR count). The van der Waals surface area contributed by atoms with Gasteiger partial charge in [-0.15, -0.1) is 0 Å². The number of benzene rings is 3. The Labute approximate surface area is 537 Å². The molecule has 0 aliphatic carbocycles. The quantitative estimate of drug-likeness (QED) is 0.0696. The number of para-hydroxylation sites is 2. The third kappa shape index (κ3) is 16.2. The molecule has 0 radical (unpaired) electrons. The molecule has 88 heavy (non-hydrogen) atoms. The molecule has 458 valence electrons. The molecular formula is C59H59Cl3F3N17O3S3. The van der Waals surface area contributed by atoms with Gasteiger partial charge in [-0.1, -0.05) is 53.0 Å². The first-order valence-corrected chi connectivity index (χ1v) is 30.4. The van der Waals surface area contributed by atoms with Crippen LogP contribution in [0.5, 0.6) is 17.2 Å². The standard InChI is InChI=1S/C20H19ClF3N5OS.C20H19ClN6OS.C19H21ClN6OS/c21-14-11-17-18(25-12-14)16(4-9-30-17)26-27-19(31)29-7-5-28(6-8-29)15-3-1-2-13(10-15)20(22,23)24;21-15-11-18-19(23-13-15)17(5-10-28-18)24-25-20(29)27-8-6-26(7-9-27)16-3-1-14(12-22)2-4-16;20-13-11-17-18(22-12-13)15(5-10-27-17)23-24-19(28)26-8-6-25(7-9-26)16-4-2-1-3-14(16)21/h1-3,10-12H,4-9H2,(H,27,31);1-4,11,13H,5-10H2,(H,25,29);1-4,11-12H,5-10,21H2,(H,24,28)/b26-16-;24-17-;23-15-. The first kappa shape index (κ1) is 63.0. The molecule has 6 aliphatic heterocycles. The van der Waals surface area contributed by atoms with Crippen LogP contribution >= 0.6 is 71.5 Å². The van der Waals surface area contributed by atoms with Gasteiger partial charge < -0.3 is 49.3 Å². The highest BCUT2D eigenvalue weighted by Gasteiger charge is 2.32. The zero-order chi connectivity index (χ0) is 61.7. The monoisotopic (exact) mass is 1310 g/mol. The number of hydrazone groups is 3. The van der Waals surface area contributed by atoms with E-state index in [0.29, 0.717) is 141 Å². The first-order valence-electron chi connectivity index (χ1n) is 28.0. The van der Waals surface area contributed by atoms with Crippen LogP contribution in [0.25, 0.3) is 0 Å². The predicted molar refractivity (Wildman–Crippen MR) is 350 cm³/mol. The summed E-state index contributed by atoms with van der Waals surface area (Å²) in [5.41, 5.74) is 23.0. The molecular weight excluding hydrogens is 1250 g/mol. The number of hydrogen-bond donors (Lipinski definition) is 4. The average molecular weight is 1310 g/mol. The number of thiocarbonyl (C=S) groups is 3. The Morgan fingerprint density at radius 1 is 0.523 bits per heavy atom. The molecule has 6 aromatic rings. The summed E-state index contributed by atoms with van der Waals surface area (Å²) in [5.74, 6) is 1.88. The number of ether oxygens (including phenoxy) is 3. The molecule has 0 atom stereocenters. The van der Waals surface area contributed by atoms with E-state index in [-0.39, 0.29) is 0 Å². The summed E-state index contributed by atoms with van der Waals surface area (Å²) in [6.07, 6.45) is 2.27.